The van der Waals surface area contributed by atoms with Crippen molar-refractivity contribution in [3.63, 3.8) is 0 Å². The standard InChI is InChI=1S/C22H28O3S/c1-3-19(21-12-8-5-9-13-21)11-7-4-6-10-18(2)20-14-16-22(17-15-20)26(23,24)25/h4-5,7-9,12-19H,3,6,10-11H2,1-2H3,(H,23,24,25)/b7-4+. The largest absolute Gasteiger partial charge is 0.294 e. The van der Waals surface area contributed by atoms with Gasteiger partial charge in [0.1, 0.15) is 0 Å². The molecule has 0 aromatic heterocycles. The summed E-state index contributed by atoms with van der Waals surface area (Å²) in [5.41, 5.74) is 2.48. The molecule has 1 N–H and O–H groups in total. The number of rotatable bonds is 9. The maximum Gasteiger partial charge on any atom is 0.294 e. The lowest BCUT2D eigenvalue weighted by atomic mass is 9.92. The normalized spacial score (nSPS) is 14.4. The van der Waals surface area contributed by atoms with E-state index in [-0.39, 0.29) is 4.90 Å². The Morgan fingerprint density at radius 1 is 0.962 bits per heavy atom. The molecule has 0 aliphatic carbocycles. The third kappa shape index (κ3) is 6.11. The summed E-state index contributed by atoms with van der Waals surface area (Å²) in [6.45, 7) is 4.36. The molecule has 2 atom stereocenters. The van der Waals surface area contributed by atoms with Crippen LogP contribution in [0.25, 0.3) is 0 Å². The number of allylic oxidation sites excluding steroid dienone is 2. The summed E-state index contributed by atoms with van der Waals surface area (Å²) in [5.74, 6) is 0.907. The van der Waals surface area contributed by atoms with Gasteiger partial charge in [0, 0.05) is 0 Å². The average Bonchev–Trinajstić information content (AvgIpc) is 2.64. The molecule has 0 bridgehead atoms. The minimum absolute atomic E-state index is 0.0557. The van der Waals surface area contributed by atoms with Gasteiger partial charge in [0.15, 0.2) is 0 Å². The van der Waals surface area contributed by atoms with Crippen LogP contribution in [0.1, 0.15) is 62.5 Å². The Kier molecular flexibility index (Phi) is 7.61. The second-order valence-electron chi connectivity index (χ2n) is 6.75. The second kappa shape index (κ2) is 9.70. The number of hydrogen-bond donors (Lipinski definition) is 1. The zero-order chi connectivity index (χ0) is 19.0. The van der Waals surface area contributed by atoms with E-state index in [0.29, 0.717) is 11.8 Å². The van der Waals surface area contributed by atoms with Gasteiger partial charge >= 0.3 is 0 Å². The smallest absolute Gasteiger partial charge is 0.282 e. The van der Waals surface area contributed by atoms with Gasteiger partial charge in [0.25, 0.3) is 10.1 Å². The molecule has 0 spiro atoms. The predicted molar refractivity (Wildman–Crippen MR) is 107 cm³/mol. The summed E-state index contributed by atoms with van der Waals surface area (Å²) >= 11 is 0. The molecule has 140 valence electrons. The van der Waals surface area contributed by atoms with Gasteiger partial charge in [-0.15, -0.1) is 0 Å². The van der Waals surface area contributed by atoms with Crippen LogP contribution >= 0.6 is 0 Å². The van der Waals surface area contributed by atoms with Crippen LogP contribution in [-0.4, -0.2) is 13.0 Å². The second-order valence-corrected chi connectivity index (χ2v) is 8.17. The summed E-state index contributed by atoms with van der Waals surface area (Å²) in [4.78, 5) is -0.0557. The Hall–Kier alpha value is -1.91. The SMILES string of the molecule is CCC(C/C=C/CCC(C)c1ccc(S(=O)(=O)O)cc1)c1ccccc1. The summed E-state index contributed by atoms with van der Waals surface area (Å²) in [7, 11) is -4.11. The van der Waals surface area contributed by atoms with Crippen LogP contribution in [0.5, 0.6) is 0 Å². The van der Waals surface area contributed by atoms with Crippen molar-refractivity contribution >= 4 is 10.1 Å². The van der Waals surface area contributed by atoms with Gasteiger partial charge in [-0.2, -0.15) is 8.42 Å². The molecule has 0 radical (unpaired) electrons. The lowest BCUT2D eigenvalue weighted by Gasteiger charge is -2.13. The van der Waals surface area contributed by atoms with E-state index in [0.717, 1.165) is 31.2 Å². The third-order valence-electron chi connectivity index (χ3n) is 4.86. The Labute approximate surface area is 157 Å². The zero-order valence-electron chi connectivity index (χ0n) is 15.5. The molecule has 26 heavy (non-hydrogen) atoms. The Morgan fingerprint density at radius 2 is 1.62 bits per heavy atom. The lowest BCUT2D eigenvalue weighted by molar-refractivity contribution is 0.483. The molecular formula is C22H28O3S. The van der Waals surface area contributed by atoms with Crippen molar-refractivity contribution in [1.82, 2.24) is 0 Å². The fourth-order valence-corrected chi connectivity index (χ4v) is 3.60. The highest BCUT2D eigenvalue weighted by atomic mass is 32.2. The van der Waals surface area contributed by atoms with Crippen molar-refractivity contribution in [3.8, 4) is 0 Å². The first kappa shape index (κ1) is 20.4. The van der Waals surface area contributed by atoms with E-state index in [1.165, 1.54) is 17.7 Å². The minimum Gasteiger partial charge on any atom is -0.282 e. The van der Waals surface area contributed by atoms with E-state index in [1.54, 1.807) is 12.1 Å². The monoisotopic (exact) mass is 372 g/mol. The highest BCUT2D eigenvalue weighted by Crippen LogP contribution is 2.25. The van der Waals surface area contributed by atoms with Gasteiger partial charge < -0.3 is 0 Å². The molecule has 3 nitrogen and oxygen atoms in total. The van der Waals surface area contributed by atoms with Crippen LogP contribution in [0.3, 0.4) is 0 Å². The Bertz CT molecular complexity index is 793. The predicted octanol–water partition coefficient (Wildman–Crippen LogP) is 5.96. The van der Waals surface area contributed by atoms with Gasteiger partial charge in [0.2, 0.25) is 0 Å². The van der Waals surface area contributed by atoms with E-state index in [2.05, 4.69) is 56.3 Å². The summed E-state index contributed by atoms with van der Waals surface area (Å²) in [6.07, 6.45) is 8.70. The first-order valence-electron chi connectivity index (χ1n) is 9.19. The van der Waals surface area contributed by atoms with Crippen LogP contribution in [0.15, 0.2) is 71.6 Å². The van der Waals surface area contributed by atoms with Gasteiger partial charge in [-0.3, -0.25) is 4.55 Å². The van der Waals surface area contributed by atoms with Crippen LogP contribution in [0.4, 0.5) is 0 Å². The molecule has 0 aliphatic rings. The van der Waals surface area contributed by atoms with E-state index < -0.39 is 10.1 Å². The van der Waals surface area contributed by atoms with Gasteiger partial charge in [-0.25, -0.2) is 0 Å². The third-order valence-corrected chi connectivity index (χ3v) is 5.73. The highest BCUT2D eigenvalue weighted by molar-refractivity contribution is 7.85. The topological polar surface area (TPSA) is 54.4 Å². The summed E-state index contributed by atoms with van der Waals surface area (Å²) in [6, 6.07) is 17.1. The van der Waals surface area contributed by atoms with E-state index in [1.807, 2.05) is 0 Å². The summed E-state index contributed by atoms with van der Waals surface area (Å²) < 4.78 is 31.2. The van der Waals surface area contributed by atoms with Crippen molar-refractivity contribution in [1.29, 1.82) is 0 Å². The fourth-order valence-electron chi connectivity index (χ4n) is 3.12. The van der Waals surface area contributed by atoms with E-state index in [4.69, 9.17) is 4.55 Å². The molecule has 0 saturated heterocycles. The van der Waals surface area contributed by atoms with Crippen LogP contribution < -0.4 is 0 Å². The number of benzene rings is 2. The highest BCUT2D eigenvalue weighted by Gasteiger charge is 2.11. The molecule has 2 aromatic carbocycles. The van der Waals surface area contributed by atoms with Gasteiger partial charge in [-0.05, 0) is 60.8 Å². The Balaban J connectivity index is 1.82. The minimum atomic E-state index is -4.11. The van der Waals surface area contributed by atoms with Crippen LogP contribution in [0, 0.1) is 0 Å². The molecule has 2 rings (SSSR count). The molecule has 0 saturated carbocycles. The maximum absolute atomic E-state index is 11.1. The van der Waals surface area contributed by atoms with E-state index >= 15 is 0 Å². The molecule has 4 heteroatoms. The molecular weight excluding hydrogens is 344 g/mol. The maximum atomic E-state index is 11.1. The van der Waals surface area contributed by atoms with Gasteiger partial charge in [-0.1, -0.05) is 68.5 Å². The van der Waals surface area contributed by atoms with Crippen molar-refractivity contribution in [2.45, 2.75) is 56.3 Å². The van der Waals surface area contributed by atoms with E-state index in [9.17, 15) is 8.42 Å². The van der Waals surface area contributed by atoms with Crippen molar-refractivity contribution in [3.05, 3.63) is 77.9 Å². The molecule has 0 amide bonds. The molecule has 2 aromatic rings. The van der Waals surface area contributed by atoms with Gasteiger partial charge in [0.05, 0.1) is 4.90 Å². The molecule has 0 heterocycles. The zero-order valence-corrected chi connectivity index (χ0v) is 16.3. The quantitative estimate of drug-likeness (QED) is 0.436. The fraction of sp³-hybridized carbons (Fsp3) is 0.364. The Morgan fingerprint density at radius 3 is 2.19 bits per heavy atom. The first-order valence-corrected chi connectivity index (χ1v) is 10.6. The number of hydrogen-bond acceptors (Lipinski definition) is 2. The first-order chi connectivity index (χ1) is 12.4. The van der Waals surface area contributed by atoms with Crippen molar-refractivity contribution < 1.29 is 13.0 Å². The van der Waals surface area contributed by atoms with Crippen LogP contribution in [-0.2, 0) is 10.1 Å². The lowest BCUT2D eigenvalue weighted by Crippen LogP contribution is -1.99. The molecule has 0 aliphatic heterocycles. The summed E-state index contributed by atoms with van der Waals surface area (Å²) in [5, 5.41) is 0. The molecule has 0 fully saturated rings. The van der Waals surface area contributed by atoms with Crippen molar-refractivity contribution in [2.24, 2.45) is 0 Å². The molecule has 2 unspecified atom stereocenters. The average molecular weight is 373 g/mol. The van der Waals surface area contributed by atoms with Crippen LogP contribution in [0.2, 0.25) is 0 Å². The van der Waals surface area contributed by atoms with Crippen molar-refractivity contribution in [2.75, 3.05) is 0 Å².